The Bertz CT molecular complexity index is 875. The van der Waals surface area contributed by atoms with E-state index in [-0.39, 0.29) is 11.8 Å². The molecule has 0 saturated heterocycles. The third-order valence-electron chi connectivity index (χ3n) is 3.94. The number of para-hydroxylation sites is 1. The Kier molecular flexibility index (Phi) is 5.46. The van der Waals surface area contributed by atoms with Crippen LogP contribution in [0.5, 0.6) is 0 Å². The van der Waals surface area contributed by atoms with Crippen molar-refractivity contribution in [2.45, 2.75) is 6.04 Å². The summed E-state index contributed by atoms with van der Waals surface area (Å²) in [6.07, 6.45) is 1.78. The minimum absolute atomic E-state index is 0.269. The molecule has 6 heteroatoms. The van der Waals surface area contributed by atoms with Gasteiger partial charge in [0.25, 0.3) is 5.91 Å². The van der Waals surface area contributed by atoms with Gasteiger partial charge in [-0.2, -0.15) is 0 Å². The van der Waals surface area contributed by atoms with Gasteiger partial charge in [0, 0.05) is 18.9 Å². The molecule has 0 saturated carbocycles. The Morgan fingerprint density at radius 3 is 2.15 bits per heavy atom. The quantitative estimate of drug-likeness (QED) is 0.600. The number of rotatable bonds is 6. The predicted molar refractivity (Wildman–Crippen MR) is 100 cm³/mol. The Labute approximate surface area is 151 Å². The lowest BCUT2D eigenvalue weighted by Gasteiger charge is -2.19. The van der Waals surface area contributed by atoms with Gasteiger partial charge >= 0.3 is 0 Å². The lowest BCUT2D eigenvalue weighted by molar-refractivity contribution is -0.118. The van der Waals surface area contributed by atoms with Crippen molar-refractivity contribution in [3.63, 3.8) is 0 Å². The van der Waals surface area contributed by atoms with Crippen LogP contribution in [0.25, 0.3) is 0 Å². The van der Waals surface area contributed by atoms with Crippen LogP contribution in [-0.4, -0.2) is 16.4 Å². The number of hydrazine groups is 1. The molecule has 0 aliphatic heterocycles. The lowest BCUT2D eigenvalue weighted by atomic mass is 10.1. The van der Waals surface area contributed by atoms with Crippen molar-refractivity contribution in [3.8, 4) is 0 Å². The SMILES string of the molecule is Cn1cccc1C(=O)NNC(C(=O)Nc1ccccc1)c1ccccc1. The number of hydrogen-bond donors (Lipinski definition) is 3. The summed E-state index contributed by atoms with van der Waals surface area (Å²) < 4.78 is 1.71. The molecule has 0 fully saturated rings. The highest BCUT2D eigenvalue weighted by Crippen LogP contribution is 2.15. The smallest absolute Gasteiger partial charge is 0.282 e. The second-order valence-corrected chi connectivity index (χ2v) is 5.80. The Morgan fingerprint density at radius 1 is 0.885 bits per heavy atom. The molecule has 26 heavy (non-hydrogen) atoms. The molecule has 6 nitrogen and oxygen atoms in total. The number of amides is 2. The molecule has 2 aromatic carbocycles. The zero-order valence-corrected chi connectivity index (χ0v) is 14.3. The van der Waals surface area contributed by atoms with Crippen LogP contribution in [-0.2, 0) is 11.8 Å². The van der Waals surface area contributed by atoms with E-state index in [0.29, 0.717) is 11.4 Å². The van der Waals surface area contributed by atoms with Gasteiger partial charge in [-0.15, -0.1) is 0 Å². The third kappa shape index (κ3) is 4.17. The maximum atomic E-state index is 12.7. The standard InChI is InChI=1S/C20H20N4O2/c1-24-14-8-13-17(24)19(25)23-22-18(15-9-4-2-5-10-15)20(26)21-16-11-6-3-7-12-16/h2-14,18,22H,1H3,(H,21,26)(H,23,25). The largest absolute Gasteiger partial charge is 0.347 e. The maximum Gasteiger partial charge on any atom is 0.282 e. The fourth-order valence-corrected chi connectivity index (χ4v) is 2.58. The number of nitrogens with zero attached hydrogens (tertiary/aromatic N) is 1. The molecule has 1 heterocycles. The second kappa shape index (κ2) is 8.13. The molecule has 1 aromatic heterocycles. The molecule has 3 N–H and O–H groups in total. The summed E-state index contributed by atoms with van der Waals surface area (Å²) in [5.74, 6) is -0.583. The minimum atomic E-state index is -0.736. The minimum Gasteiger partial charge on any atom is -0.347 e. The van der Waals surface area contributed by atoms with Crippen LogP contribution >= 0.6 is 0 Å². The van der Waals surface area contributed by atoms with Crippen LogP contribution in [0.1, 0.15) is 22.1 Å². The first-order valence-electron chi connectivity index (χ1n) is 8.23. The molecule has 1 atom stereocenters. The van der Waals surface area contributed by atoms with Crippen molar-refractivity contribution < 1.29 is 9.59 Å². The first-order chi connectivity index (χ1) is 12.6. The van der Waals surface area contributed by atoms with E-state index in [9.17, 15) is 9.59 Å². The van der Waals surface area contributed by atoms with E-state index in [2.05, 4.69) is 16.2 Å². The van der Waals surface area contributed by atoms with Crippen LogP contribution in [0.15, 0.2) is 79.0 Å². The Morgan fingerprint density at radius 2 is 1.54 bits per heavy atom. The average Bonchev–Trinajstić information content (AvgIpc) is 3.09. The van der Waals surface area contributed by atoms with Crippen LogP contribution < -0.4 is 16.2 Å². The number of aryl methyl sites for hydroxylation is 1. The monoisotopic (exact) mass is 348 g/mol. The van der Waals surface area contributed by atoms with Crippen LogP contribution in [0.4, 0.5) is 5.69 Å². The second-order valence-electron chi connectivity index (χ2n) is 5.80. The lowest BCUT2D eigenvalue weighted by Crippen LogP contribution is -2.45. The van der Waals surface area contributed by atoms with Crippen molar-refractivity contribution >= 4 is 17.5 Å². The summed E-state index contributed by atoms with van der Waals surface area (Å²) in [5.41, 5.74) is 7.39. The number of nitrogens with one attached hydrogen (secondary N) is 3. The first kappa shape index (κ1) is 17.4. The predicted octanol–water partition coefficient (Wildman–Crippen LogP) is 2.64. The average molecular weight is 348 g/mol. The van der Waals surface area contributed by atoms with E-state index in [0.717, 1.165) is 5.56 Å². The summed E-state index contributed by atoms with van der Waals surface area (Å²) in [6.45, 7) is 0. The topological polar surface area (TPSA) is 75.2 Å². The van der Waals surface area contributed by atoms with Gasteiger partial charge in [-0.25, -0.2) is 5.43 Å². The summed E-state index contributed by atoms with van der Waals surface area (Å²) in [4.78, 5) is 25.1. The zero-order valence-electron chi connectivity index (χ0n) is 14.3. The normalized spacial score (nSPS) is 11.6. The van der Waals surface area contributed by atoms with E-state index in [1.807, 2.05) is 60.7 Å². The van der Waals surface area contributed by atoms with Gasteiger partial charge < -0.3 is 9.88 Å². The van der Waals surface area contributed by atoms with Crippen molar-refractivity contribution in [2.75, 3.05) is 5.32 Å². The molecular formula is C20H20N4O2. The number of aromatic nitrogens is 1. The molecule has 3 aromatic rings. The highest BCUT2D eigenvalue weighted by Gasteiger charge is 2.21. The highest BCUT2D eigenvalue weighted by atomic mass is 16.2. The maximum absolute atomic E-state index is 12.7. The Balaban J connectivity index is 1.74. The molecule has 1 unspecified atom stereocenters. The molecule has 2 amide bonds. The van der Waals surface area contributed by atoms with Gasteiger partial charge in [0.05, 0.1) is 0 Å². The van der Waals surface area contributed by atoms with Gasteiger partial charge in [0.2, 0.25) is 5.91 Å². The number of carbonyl (C=O) groups excluding carboxylic acids is 2. The van der Waals surface area contributed by atoms with Crippen molar-refractivity contribution in [1.29, 1.82) is 0 Å². The number of carbonyl (C=O) groups is 2. The van der Waals surface area contributed by atoms with Crippen molar-refractivity contribution in [2.24, 2.45) is 7.05 Å². The summed E-state index contributed by atoms with van der Waals surface area (Å²) >= 11 is 0. The van der Waals surface area contributed by atoms with E-state index < -0.39 is 6.04 Å². The summed E-state index contributed by atoms with van der Waals surface area (Å²) in [6, 6.07) is 21.2. The van der Waals surface area contributed by atoms with Crippen LogP contribution in [0.2, 0.25) is 0 Å². The number of hydrogen-bond acceptors (Lipinski definition) is 3. The van der Waals surface area contributed by atoms with Crippen molar-refractivity contribution in [1.82, 2.24) is 15.4 Å². The molecule has 0 aliphatic carbocycles. The van der Waals surface area contributed by atoms with E-state index in [4.69, 9.17) is 0 Å². The molecule has 0 spiro atoms. The van der Waals surface area contributed by atoms with Crippen LogP contribution in [0.3, 0.4) is 0 Å². The zero-order chi connectivity index (χ0) is 18.4. The van der Waals surface area contributed by atoms with Crippen LogP contribution in [0, 0.1) is 0 Å². The summed E-state index contributed by atoms with van der Waals surface area (Å²) in [5, 5.41) is 2.85. The molecule has 0 radical (unpaired) electrons. The third-order valence-corrected chi connectivity index (χ3v) is 3.94. The van der Waals surface area contributed by atoms with Crippen molar-refractivity contribution in [3.05, 3.63) is 90.3 Å². The summed E-state index contributed by atoms with van der Waals surface area (Å²) in [7, 11) is 1.78. The highest BCUT2D eigenvalue weighted by molar-refractivity contribution is 5.96. The Hall–Kier alpha value is -3.38. The van der Waals surface area contributed by atoms with E-state index >= 15 is 0 Å². The van der Waals surface area contributed by atoms with Gasteiger partial charge in [-0.3, -0.25) is 15.0 Å². The molecule has 132 valence electrons. The number of benzene rings is 2. The number of anilines is 1. The molecular weight excluding hydrogens is 328 g/mol. The van der Waals surface area contributed by atoms with Gasteiger partial charge in [-0.1, -0.05) is 48.5 Å². The molecule has 3 rings (SSSR count). The van der Waals surface area contributed by atoms with Gasteiger partial charge in [-0.05, 0) is 29.8 Å². The fraction of sp³-hybridized carbons (Fsp3) is 0.100. The van der Waals surface area contributed by atoms with E-state index in [1.165, 1.54) is 0 Å². The first-order valence-corrected chi connectivity index (χ1v) is 8.23. The van der Waals surface area contributed by atoms with E-state index in [1.54, 1.807) is 29.9 Å². The molecule has 0 bridgehead atoms. The van der Waals surface area contributed by atoms with Gasteiger partial charge in [0.1, 0.15) is 11.7 Å². The fourth-order valence-electron chi connectivity index (χ4n) is 2.58. The van der Waals surface area contributed by atoms with Gasteiger partial charge in [0.15, 0.2) is 0 Å². The molecule has 0 aliphatic rings.